The summed E-state index contributed by atoms with van der Waals surface area (Å²) in [6.45, 7) is 2.70. The number of aliphatic imine (C=N–C) groups is 1. The average molecular weight is 436 g/mol. The Balaban J connectivity index is 1.61. The van der Waals surface area contributed by atoms with Gasteiger partial charge < -0.3 is 9.84 Å². The second kappa shape index (κ2) is 8.97. The Morgan fingerprint density at radius 2 is 2.03 bits per heavy atom. The summed E-state index contributed by atoms with van der Waals surface area (Å²) < 4.78 is 7.51. The second-order valence-corrected chi connectivity index (χ2v) is 7.71. The molecule has 0 aliphatic carbocycles. The molecule has 0 spiro atoms. The van der Waals surface area contributed by atoms with Crippen LogP contribution in [0.2, 0.25) is 0 Å². The fraction of sp³-hybridized carbons (Fsp3) is 0.182. The fourth-order valence-electron chi connectivity index (χ4n) is 3.11. The van der Waals surface area contributed by atoms with Crippen molar-refractivity contribution in [1.29, 1.82) is 0 Å². The lowest BCUT2D eigenvalue weighted by Gasteiger charge is -2.09. The van der Waals surface area contributed by atoms with Crippen molar-refractivity contribution in [3.8, 4) is 11.6 Å². The lowest BCUT2D eigenvalue weighted by atomic mass is 10.1. The van der Waals surface area contributed by atoms with Gasteiger partial charge in [0.25, 0.3) is 5.56 Å². The van der Waals surface area contributed by atoms with Crippen molar-refractivity contribution in [2.24, 2.45) is 4.99 Å². The number of nitrogens with one attached hydrogen (secondary N) is 1. The monoisotopic (exact) mass is 436 g/mol. The Morgan fingerprint density at radius 3 is 2.81 bits per heavy atom. The largest absolute Gasteiger partial charge is 0.494 e. The number of thiazole rings is 1. The molecule has 8 nitrogen and oxygen atoms in total. The maximum Gasteiger partial charge on any atom is 0.331 e. The Labute approximate surface area is 181 Å². The molecule has 0 bridgehead atoms. The van der Waals surface area contributed by atoms with Crippen LogP contribution in [0.15, 0.2) is 63.1 Å². The Morgan fingerprint density at radius 1 is 1.23 bits per heavy atom. The predicted octanol–water partition coefficient (Wildman–Crippen LogP) is 3.24. The van der Waals surface area contributed by atoms with Gasteiger partial charge in [0, 0.05) is 12.8 Å². The molecule has 0 aliphatic heterocycles. The zero-order chi connectivity index (χ0) is 21.8. The molecule has 4 aromatic rings. The van der Waals surface area contributed by atoms with Gasteiger partial charge in [0.2, 0.25) is 11.0 Å². The molecule has 0 saturated heterocycles. The van der Waals surface area contributed by atoms with Crippen LogP contribution in [0.4, 0.5) is 5.13 Å². The summed E-state index contributed by atoms with van der Waals surface area (Å²) in [6, 6.07) is 15.1. The van der Waals surface area contributed by atoms with Gasteiger partial charge in [-0.05, 0) is 37.1 Å². The third kappa shape index (κ3) is 4.56. The minimum atomic E-state index is -0.707. The highest BCUT2D eigenvalue weighted by Gasteiger charge is 2.13. The van der Waals surface area contributed by atoms with E-state index in [1.54, 1.807) is 0 Å². The normalized spacial score (nSPS) is 11.4. The van der Waals surface area contributed by atoms with Gasteiger partial charge in [-0.1, -0.05) is 41.7 Å². The van der Waals surface area contributed by atoms with Crippen LogP contribution >= 0.6 is 11.3 Å². The SMILES string of the molecule is CCOc1ccc2nc(N=Cc3c(O)n(CCc4ccccc4)c(=O)[nH]c3=O)sc2c1. The Hall–Kier alpha value is -3.72. The number of aromatic nitrogens is 3. The van der Waals surface area contributed by atoms with E-state index >= 15 is 0 Å². The highest BCUT2D eigenvalue weighted by atomic mass is 32.1. The third-order valence-electron chi connectivity index (χ3n) is 4.64. The quantitative estimate of drug-likeness (QED) is 0.432. The minimum absolute atomic E-state index is 0.0954. The molecule has 0 amide bonds. The molecule has 2 N–H and O–H groups in total. The molecule has 31 heavy (non-hydrogen) atoms. The van der Waals surface area contributed by atoms with Crippen molar-refractivity contribution in [2.45, 2.75) is 19.9 Å². The number of H-pyrrole nitrogens is 1. The van der Waals surface area contributed by atoms with Crippen molar-refractivity contribution in [3.63, 3.8) is 0 Å². The van der Waals surface area contributed by atoms with Gasteiger partial charge in [-0.2, -0.15) is 0 Å². The van der Waals surface area contributed by atoms with Crippen LogP contribution in [-0.2, 0) is 13.0 Å². The molecule has 9 heteroatoms. The molecule has 4 rings (SSSR count). The van der Waals surface area contributed by atoms with Gasteiger partial charge in [0.1, 0.15) is 11.3 Å². The van der Waals surface area contributed by atoms with E-state index in [0.29, 0.717) is 18.2 Å². The molecule has 0 aliphatic rings. The van der Waals surface area contributed by atoms with Crippen molar-refractivity contribution in [2.75, 3.05) is 6.61 Å². The van der Waals surface area contributed by atoms with Gasteiger partial charge in [-0.15, -0.1) is 0 Å². The summed E-state index contributed by atoms with van der Waals surface area (Å²) in [5.41, 5.74) is 0.297. The zero-order valence-corrected chi connectivity index (χ0v) is 17.6. The van der Waals surface area contributed by atoms with Gasteiger partial charge >= 0.3 is 5.69 Å². The molecule has 0 unspecified atom stereocenters. The van der Waals surface area contributed by atoms with Crippen molar-refractivity contribution in [1.82, 2.24) is 14.5 Å². The second-order valence-electron chi connectivity index (χ2n) is 6.70. The first-order valence-electron chi connectivity index (χ1n) is 9.72. The Bertz CT molecular complexity index is 1360. The van der Waals surface area contributed by atoms with Gasteiger partial charge in [0.05, 0.1) is 16.8 Å². The molecular weight excluding hydrogens is 416 g/mol. The molecule has 0 saturated carbocycles. The first kappa shape index (κ1) is 20.5. The summed E-state index contributed by atoms with van der Waals surface area (Å²) in [4.78, 5) is 35.3. The topological polar surface area (TPSA) is 110 Å². The Kier molecular flexibility index (Phi) is 5.94. The van der Waals surface area contributed by atoms with Crippen molar-refractivity contribution < 1.29 is 9.84 Å². The number of hydrogen-bond acceptors (Lipinski definition) is 7. The highest BCUT2D eigenvalue weighted by Crippen LogP contribution is 2.31. The molecule has 158 valence electrons. The van der Waals surface area contributed by atoms with Crippen molar-refractivity contribution >= 4 is 32.9 Å². The summed E-state index contributed by atoms with van der Waals surface area (Å²) in [6.07, 6.45) is 1.75. The number of benzene rings is 2. The van der Waals surface area contributed by atoms with Crippen LogP contribution in [0.25, 0.3) is 10.2 Å². The van der Waals surface area contributed by atoms with E-state index < -0.39 is 17.1 Å². The predicted molar refractivity (Wildman–Crippen MR) is 121 cm³/mol. The average Bonchev–Trinajstić information content (AvgIpc) is 3.16. The van der Waals surface area contributed by atoms with E-state index in [0.717, 1.165) is 26.1 Å². The van der Waals surface area contributed by atoms with Crippen LogP contribution in [0.5, 0.6) is 11.6 Å². The number of ether oxygens (including phenoxy) is 1. The highest BCUT2D eigenvalue weighted by molar-refractivity contribution is 7.22. The van der Waals surface area contributed by atoms with Crippen LogP contribution in [-0.4, -0.2) is 32.5 Å². The molecule has 2 aromatic carbocycles. The number of aryl methyl sites for hydroxylation is 1. The first-order chi connectivity index (χ1) is 15.0. The van der Waals surface area contributed by atoms with E-state index in [2.05, 4.69) is 15.0 Å². The molecule has 0 atom stereocenters. The van der Waals surface area contributed by atoms with E-state index in [9.17, 15) is 14.7 Å². The number of hydrogen-bond donors (Lipinski definition) is 2. The van der Waals surface area contributed by atoms with E-state index in [1.165, 1.54) is 17.6 Å². The van der Waals surface area contributed by atoms with Gasteiger partial charge in [-0.25, -0.2) is 14.8 Å². The molecule has 0 radical (unpaired) electrons. The zero-order valence-electron chi connectivity index (χ0n) is 16.7. The fourth-order valence-corrected chi connectivity index (χ4v) is 3.95. The summed E-state index contributed by atoms with van der Waals surface area (Å²) in [5.74, 6) is 0.321. The lowest BCUT2D eigenvalue weighted by molar-refractivity contribution is 0.341. The van der Waals surface area contributed by atoms with E-state index in [4.69, 9.17) is 4.74 Å². The molecule has 0 fully saturated rings. The molecule has 2 heterocycles. The first-order valence-corrected chi connectivity index (χ1v) is 10.5. The summed E-state index contributed by atoms with van der Waals surface area (Å²) >= 11 is 1.33. The number of aromatic amines is 1. The van der Waals surface area contributed by atoms with Gasteiger partial charge in [0.15, 0.2) is 0 Å². The van der Waals surface area contributed by atoms with Crippen LogP contribution in [0.1, 0.15) is 18.1 Å². The maximum atomic E-state index is 12.2. The molecular formula is C22H20N4O4S. The smallest absolute Gasteiger partial charge is 0.331 e. The van der Waals surface area contributed by atoms with E-state index in [1.807, 2.05) is 55.5 Å². The van der Waals surface area contributed by atoms with Crippen LogP contribution in [0, 0.1) is 0 Å². The van der Waals surface area contributed by atoms with Crippen LogP contribution < -0.4 is 16.0 Å². The third-order valence-corrected chi connectivity index (χ3v) is 5.56. The van der Waals surface area contributed by atoms with Crippen molar-refractivity contribution in [3.05, 3.63) is 80.5 Å². The number of rotatable bonds is 7. The maximum absolute atomic E-state index is 12.2. The number of fused-ring (bicyclic) bond motifs is 1. The standard InChI is InChI=1S/C22H20N4O4S/c1-2-30-15-8-9-17-18(12-15)31-21(24-17)23-13-16-19(27)25-22(29)26(20(16)28)11-10-14-6-4-3-5-7-14/h3-9,12-13,28H,2,10-11H2,1H3,(H,25,27,29). The lowest BCUT2D eigenvalue weighted by Crippen LogP contribution is -2.32. The van der Waals surface area contributed by atoms with E-state index in [-0.39, 0.29) is 12.1 Å². The number of nitrogens with zero attached hydrogens (tertiary/aromatic N) is 3. The minimum Gasteiger partial charge on any atom is -0.494 e. The van der Waals surface area contributed by atoms with Crippen LogP contribution in [0.3, 0.4) is 0 Å². The number of aromatic hydroxyl groups is 1. The van der Waals surface area contributed by atoms with Gasteiger partial charge in [-0.3, -0.25) is 14.3 Å². The summed E-state index contributed by atoms with van der Waals surface area (Å²) in [5, 5.41) is 11.0. The summed E-state index contributed by atoms with van der Waals surface area (Å²) in [7, 11) is 0. The molecule has 2 aromatic heterocycles.